The largest absolute Gasteiger partial charge is 0.297 e. The molecule has 62 valence electrons. The van der Waals surface area contributed by atoms with E-state index < -0.39 is 0 Å². The van der Waals surface area contributed by atoms with Crippen LogP contribution in [0.4, 0.5) is 0 Å². The van der Waals surface area contributed by atoms with Crippen LogP contribution in [0.2, 0.25) is 0 Å². The van der Waals surface area contributed by atoms with Crippen LogP contribution in [0.1, 0.15) is 38.5 Å². The Balaban J connectivity index is 2.02. The fraction of sp³-hybridized carbons (Fsp3) is 0.900. The maximum atomic E-state index is 4.43. The average Bonchev–Trinajstić information content (AvgIpc) is 2.28. The summed E-state index contributed by atoms with van der Waals surface area (Å²) >= 11 is 0. The van der Waals surface area contributed by atoms with Gasteiger partial charge in [-0.15, -0.1) is 0 Å². The molecule has 2 atom stereocenters. The number of hydrogen-bond acceptors (Lipinski definition) is 1. The Morgan fingerprint density at radius 2 is 1.82 bits per heavy atom. The first-order valence-electron chi connectivity index (χ1n) is 4.97. The van der Waals surface area contributed by atoms with Crippen molar-refractivity contribution < 1.29 is 0 Å². The summed E-state index contributed by atoms with van der Waals surface area (Å²) in [5.41, 5.74) is 0. The van der Waals surface area contributed by atoms with Gasteiger partial charge >= 0.3 is 0 Å². The first-order chi connectivity index (χ1) is 5.47. The van der Waals surface area contributed by atoms with E-state index in [1.807, 2.05) is 0 Å². The fourth-order valence-electron chi connectivity index (χ4n) is 2.45. The number of hydrogen-bond donors (Lipinski definition) is 0. The SMILES string of the molecule is C1=NCCCC2CCCCC12. The summed E-state index contributed by atoms with van der Waals surface area (Å²) in [6.45, 7) is 1.09. The topological polar surface area (TPSA) is 12.4 Å². The zero-order valence-electron chi connectivity index (χ0n) is 7.13. The van der Waals surface area contributed by atoms with Gasteiger partial charge in [0.25, 0.3) is 0 Å². The molecule has 1 aliphatic heterocycles. The zero-order valence-corrected chi connectivity index (χ0v) is 7.13. The van der Waals surface area contributed by atoms with Gasteiger partial charge in [-0.1, -0.05) is 12.8 Å². The summed E-state index contributed by atoms with van der Waals surface area (Å²) in [6.07, 6.45) is 10.8. The molecule has 1 fully saturated rings. The Morgan fingerprint density at radius 3 is 2.82 bits per heavy atom. The van der Waals surface area contributed by atoms with Gasteiger partial charge in [0.1, 0.15) is 0 Å². The van der Waals surface area contributed by atoms with Crippen molar-refractivity contribution in [1.29, 1.82) is 0 Å². The fourth-order valence-corrected chi connectivity index (χ4v) is 2.45. The summed E-state index contributed by atoms with van der Waals surface area (Å²) in [5, 5.41) is 0. The monoisotopic (exact) mass is 151 g/mol. The van der Waals surface area contributed by atoms with Crippen LogP contribution in [-0.4, -0.2) is 12.8 Å². The number of aliphatic imine (C=N–C) groups is 1. The van der Waals surface area contributed by atoms with Crippen molar-refractivity contribution in [2.24, 2.45) is 16.8 Å². The summed E-state index contributed by atoms with van der Waals surface area (Å²) in [4.78, 5) is 4.43. The van der Waals surface area contributed by atoms with Crippen molar-refractivity contribution >= 4 is 6.21 Å². The van der Waals surface area contributed by atoms with Crippen LogP contribution < -0.4 is 0 Å². The Morgan fingerprint density at radius 1 is 1.00 bits per heavy atom. The van der Waals surface area contributed by atoms with E-state index in [2.05, 4.69) is 11.2 Å². The van der Waals surface area contributed by atoms with Crippen LogP contribution in [0.5, 0.6) is 0 Å². The highest BCUT2D eigenvalue weighted by Gasteiger charge is 2.24. The normalized spacial score (nSPS) is 37.8. The highest BCUT2D eigenvalue weighted by atomic mass is 14.7. The van der Waals surface area contributed by atoms with Gasteiger partial charge in [-0.05, 0) is 37.5 Å². The third-order valence-corrected chi connectivity index (χ3v) is 3.13. The molecule has 1 aliphatic carbocycles. The second kappa shape index (κ2) is 3.38. The maximum absolute atomic E-state index is 4.43. The number of rotatable bonds is 0. The van der Waals surface area contributed by atoms with Crippen LogP contribution >= 0.6 is 0 Å². The van der Waals surface area contributed by atoms with Crippen molar-refractivity contribution in [3.63, 3.8) is 0 Å². The Kier molecular flexibility index (Phi) is 2.25. The highest BCUT2D eigenvalue weighted by molar-refractivity contribution is 5.61. The molecule has 0 spiro atoms. The molecule has 0 aromatic carbocycles. The maximum Gasteiger partial charge on any atom is 0.0385 e. The van der Waals surface area contributed by atoms with Gasteiger partial charge in [0.15, 0.2) is 0 Å². The lowest BCUT2D eigenvalue weighted by atomic mass is 9.78. The van der Waals surface area contributed by atoms with Crippen molar-refractivity contribution in [3.8, 4) is 0 Å². The van der Waals surface area contributed by atoms with Gasteiger partial charge in [-0.25, -0.2) is 0 Å². The van der Waals surface area contributed by atoms with Gasteiger partial charge in [0, 0.05) is 12.8 Å². The van der Waals surface area contributed by atoms with Crippen LogP contribution in [0, 0.1) is 11.8 Å². The van der Waals surface area contributed by atoms with E-state index in [4.69, 9.17) is 0 Å². The van der Waals surface area contributed by atoms with Crippen LogP contribution in [-0.2, 0) is 0 Å². The first-order valence-corrected chi connectivity index (χ1v) is 4.97. The molecule has 0 amide bonds. The van der Waals surface area contributed by atoms with Gasteiger partial charge in [0.2, 0.25) is 0 Å². The molecule has 0 aromatic rings. The first kappa shape index (κ1) is 7.33. The number of fused-ring (bicyclic) bond motifs is 1. The van der Waals surface area contributed by atoms with E-state index in [1.165, 1.54) is 38.5 Å². The van der Waals surface area contributed by atoms with Crippen molar-refractivity contribution in [2.75, 3.05) is 6.54 Å². The molecule has 1 nitrogen and oxygen atoms in total. The highest BCUT2D eigenvalue weighted by Crippen LogP contribution is 2.33. The minimum Gasteiger partial charge on any atom is -0.297 e. The molecule has 2 rings (SSSR count). The summed E-state index contributed by atoms with van der Waals surface area (Å²) in [5.74, 6) is 1.85. The van der Waals surface area contributed by atoms with E-state index in [1.54, 1.807) is 0 Å². The van der Waals surface area contributed by atoms with Crippen molar-refractivity contribution in [1.82, 2.24) is 0 Å². The van der Waals surface area contributed by atoms with Crippen LogP contribution in [0.15, 0.2) is 4.99 Å². The molecule has 11 heavy (non-hydrogen) atoms. The molecule has 0 aromatic heterocycles. The molecule has 0 bridgehead atoms. The quantitative estimate of drug-likeness (QED) is 0.504. The molecule has 0 saturated heterocycles. The second-order valence-electron chi connectivity index (χ2n) is 3.91. The van der Waals surface area contributed by atoms with E-state index in [0.717, 1.165) is 18.4 Å². The Labute approximate surface area is 68.9 Å². The Hall–Kier alpha value is -0.330. The van der Waals surface area contributed by atoms with Gasteiger partial charge in [-0.3, -0.25) is 4.99 Å². The minimum atomic E-state index is 0.853. The smallest absolute Gasteiger partial charge is 0.0385 e. The Bertz CT molecular complexity index is 151. The molecule has 2 unspecified atom stereocenters. The van der Waals surface area contributed by atoms with Crippen molar-refractivity contribution in [2.45, 2.75) is 38.5 Å². The standard InChI is InChI=1S/C10H17N/c1-2-5-10-8-11-7-3-6-9(10)4-1/h8-10H,1-7H2. The van der Waals surface area contributed by atoms with Gasteiger partial charge < -0.3 is 0 Å². The third-order valence-electron chi connectivity index (χ3n) is 3.13. The molecule has 1 saturated carbocycles. The zero-order chi connectivity index (χ0) is 7.52. The minimum absolute atomic E-state index is 0.853. The molecule has 0 N–H and O–H groups in total. The van der Waals surface area contributed by atoms with E-state index in [-0.39, 0.29) is 0 Å². The predicted octanol–water partition coefficient (Wildman–Crippen LogP) is 2.66. The van der Waals surface area contributed by atoms with Crippen LogP contribution in [0.3, 0.4) is 0 Å². The molecule has 1 heteroatoms. The molecule has 2 aliphatic rings. The molecule has 0 radical (unpaired) electrons. The van der Waals surface area contributed by atoms with Gasteiger partial charge in [0.05, 0.1) is 0 Å². The van der Waals surface area contributed by atoms with E-state index in [9.17, 15) is 0 Å². The molecule has 1 heterocycles. The average molecular weight is 151 g/mol. The van der Waals surface area contributed by atoms with Crippen molar-refractivity contribution in [3.05, 3.63) is 0 Å². The van der Waals surface area contributed by atoms with Gasteiger partial charge in [-0.2, -0.15) is 0 Å². The number of nitrogens with zero attached hydrogens (tertiary/aromatic N) is 1. The lowest BCUT2D eigenvalue weighted by Gasteiger charge is -2.27. The molecular formula is C10H17N. The molecular weight excluding hydrogens is 134 g/mol. The van der Waals surface area contributed by atoms with Crippen LogP contribution in [0.25, 0.3) is 0 Å². The summed E-state index contributed by atoms with van der Waals surface area (Å²) in [6, 6.07) is 0. The summed E-state index contributed by atoms with van der Waals surface area (Å²) in [7, 11) is 0. The third kappa shape index (κ3) is 1.63. The second-order valence-corrected chi connectivity index (χ2v) is 3.91. The lowest BCUT2D eigenvalue weighted by molar-refractivity contribution is 0.290. The predicted molar refractivity (Wildman–Crippen MR) is 48.0 cm³/mol. The summed E-state index contributed by atoms with van der Waals surface area (Å²) < 4.78 is 0. The lowest BCUT2D eigenvalue weighted by Crippen LogP contribution is -2.19. The van der Waals surface area contributed by atoms with E-state index >= 15 is 0 Å². The van der Waals surface area contributed by atoms with E-state index in [0.29, 0.717) is 0 Å².